The van der Waals surface area contributed by atoms with E-state index < -0.39 is 16.6 Å². The number of Topliss-reactive ketones (excluding diaryl/α,β-unsaturated/α-hetero) is 1. The summed E-state index contributed by atoms with van der Waals surface area (Å²) in [7, 11) is -4.49. The normalized spacial score (nSPS) is 19.6. The van der Waals surface area contributed by atoms with Gasteiger partial charge in [-0.15, -0.1) is 0 Å². The number of ketones is 1. The smallest absolute Gasteiger partial charge is 0.261 e. The fourth-order valence-corrected chi connectivity index (χ4v) is 12.3. The molecule has 244 valence electrons. The zero-order valence-corrected chi connectivity index (χ0v) is 31.4. The summed E-state index contributed by atoms with van der Waals surface area (Å²) in [6.45, 7) is 27.2. The Kier molecular flexibility index (Phi) is 12.6. The van der Waals surface area contributed by atoms with Crippen molar-refractivity contribution in [1.29, 1.82) is 0 Å². The summed E-state index contributed by atoms with van der Waals surface area (Å²) in [6, 6.07) is 21.7. The Morgan fingerprint density at radius 2 is 1.48 bits per heavy atom. The van der Waals surface area contributed by atoms with Crippen LogP contribution >= 0.6 is 0 Å². The molecule has 0 saturated carbocycles. The minimum Gasteiger partial charge on any atom is -0.414 e. The molecule has 3 rings (SSSR count). The van der Waals surface area contributed by atoms with Crippen molar-refractivity contribution in [2.24, 2.45) is 5.92 Å². The second-order valence-electron chi connectivity index (χ2n) is 15.6. The molecule has 6 heteroatoms. The van der Waals surface area contributed by atoms with Crippen molar-refractivity contribution in [3.05, 3.63) is 72.8 Å². The van der Waals surface area contributed by atoms with Crippen LogP contribution in [0.3, 0.4) is 0 Å². The van der Waals surface area contributed by atoms with E-state index in [9.17, 15) is 4.79 Å². The van der Waals surface area contributed by atoms with Gasteiger partial charge in [0.25, 0.3) is 8.32 Å². The topological polar surface area (TPSA) is 44.8 Å². The third-order valence-corrected chi connectivity index (χ3v) is 19.6. The van der Waals surface area contributed by atoms with Crippen LogP contribution in [0.25, 0.3) is 0 Å². The van der Waals surface area contributed by atoms with Crippen LogP contribution in [0.1, 0.15) is 93.9 Å². The van der Waals surface area contributed by atoms with E-state index in [2.05, 4.69) is 122 Å². The number of benzene rings is 2. The first kappa shape index (κ1) is 36.6. The largest absolute Gasteiger partial charge is 0.414 e. The zero-order valence-electron chi connectivity index (χ0n) is 29.4. The molecule has 1 saturated heterocycles. The van der Waals surface area contributed by atoms with Gasteiger partial charge >= 0.3 is 0 Å². The van der Waals surface area contributed by atoms with Crippen molar-refractivity contribution in [3.63, 3.8) is 0 Å². The number of carbonyl (C=O) groups excluding carboxylic acids is 1. The molecule has 0 N–H and O–H groups in total. The molecule has 44 heavy (non-hydrogen) atoms. The Hall–Kier alpha value is -1.84. The molecule has 0 spiro atoms. The van der Waals surface area contributed by atoms with Gasteiger partial charge in [-0.2, -0.15) is 0 Å². The second-order valence-corrected chi connectivity index (χ2v) is 24.7. The summed E-state index contributed by atoms with van der Waals surface area (Å²) < 4.78 is 20.5. The molecule has 4 nitrogen and oxygen atoms in total. The molecule has 0 amide bonds. The standard InChI is InChI=1S/C38H60O4Si2/c1-29(31(3)39)27-33(42-43(10,11)37(4,5)6)24-25-36-30(2)28-32(41-36)19-18-26-40-44(38(7,8)9,34-20-14-12-15-21-34)35-22-16-13-17-23-35/h12-17,20-23,29,32-33,36H,2,18-19,24-28H2,1,3-11H3/t29?,32?,33-,36?/m1/s1. The zero-order chi connectivity index (χ0) is 32.8. The monoisotopic (exact) mass is 636 g/mol. The van der Waals surface area contributed by atoms with E-state index in [1.54, 1.807) is 6.92 Å². The molecule has 1 heterocycles. The van der Waals surface area contributed by atoms with Gasteiger partial charge in [-0.3, -0.25) is 4.79 Å². The Bertz CT molecular complexity index is 1160. The van der Waals surface area contributed by atoms with Gasteiger partial charge in [0.1, 0.15) is 5.78 Å². The predicted octanol–water partition coefficient (Wildman–Crippen LogP) is 8.84. The SMILES string of the molecule is C=C1CC(CCCO[Si](c2ccccc2)(c2ccccc2)C(C)(C)C)OC1CC[C@H](CC(C)C(C)=O)O[Si](C)(C)C(C)(C)C. The number of ether oxygens (including phenoxy) is 1. The lowest BCUT2D eigenvalue weighted by Gasteiger charge is -2.43. The highest BCUT2D eigenvalue weighted by atomic mass is 28.4. The van der Waals surface area contributed by atoms with Crippen LogP contribution in [-0.4, -0.2) is 47.3 Å². The van der Waals surface area contributed by atoms with Gasteiger partial charge in [0, 0.05) is 18.6 Å². The van der Waals surface area contributed by atoms with E-state index in [0.717, 1.165) is 38.5 Å². The third-order valence-electron chi connectivity index (χ3n) is 10.0. The Labute approximate surface area is 271 Å². The summed E-state index contributed by atoms with van der Waals surface area (Å²) in [5, 5.41) is 2.73. The maximum absolute atomic E-state index is 12.1. The van der Waals surface area contributed by atoms with E-state index in [0.29, 0.717) is 6.61 Å². The van der Waals surface area contributed by atoms with Crippen LogP contribution in [0.5, 0.6) is 0 Å². The number of hydrogen-bond acceptors (Lipinski definition) is 4. The molecule has 0 bridgehead atoms. The van der Waals surface area contributed by atoms with Crippen LogP contribution < -0.4 is 10.4 Å². The van der Waals surface area contributed by atoms with Gasteiger partial charge in [-0.25, -0.2) is 0 Å². The Morgan fingerprint density at radius 3 is 1.95 bits per heavy atom. The highest BCUT2D eigenvalue weighted by Crippen LogP contribution is 2.40. The summed E-state index contributed by atoms with van der Waals surface area (Å²) >= 11 is 0. The summed E-state index contributed by atoms with van der Waals surface area (Å²) in [5.74, 6) is 0.233. The van der Waals surface area contributed by atoms with Gasteiger partial charge in [0.15, 0.2) is 8.32 Å². The molecule has 0 radical (unpaired) electrons. The van der Waals surface area contributed by atoms with Crippen LogP contribution in [-0.2, 0) is 18.4 Å². The molecule has 0 aliphatic carbocycles. The lowest BCUT2D eigenvalue weighted by atomic mass is 9.95. The molecule has 1 fully saturated rings. The Morgan fingerprint density at radius 1 is 0.932 bits per heavy atom. The molecular formula is C38H60O4Si2. The lowest BCUT2D eigenvalue weighted by Crippen LogP contribution is -2.66. The van der Waals surface area contributed by atoms with Crippen molar-refractivity contribution in [2.75, 3.05) is 6.61 Å². The highest BCUT2D eigenvalue weighted by Gasteiger charge is 2.50. The molecule has 1 aliphatic heterocycles. The van der Waals surface area contributed by atoms with Crippen molar-refractivity contribution < 1.29 is 18.4 Å². The molecule has 2 aromatic carbocycles. The highest BCUT2D eigenvalue weighted by molar-refractivity contribution is 6.99. The number of rotatable bonds is 15. The minimum atomic E-state index is -2.53. The van der Waals surface area contributed by atoms with Crippen LogP contribution in [0.2, 0.25) is 23.2 Å². The van der Waals surface area contributed by atoms with E-state index in [-0.39, 0.29) is 40.1 Å². The van der Waals surface area contributed by atoms with E-state index >= 15 is 0 Å². The Balaban J connectivity index is 1.62. The van der Waals surface area contributed by atoms with E-state index in [1.165, 1.54) is 15.9 Å². The number of hydrogen-bond donors (Lipinski definition) is 0. The molecular weight excluding hydrogens is 577 g/mol. The quantitative estimate of drug-likeness (QED) is 0.111. The maximum atomic E-state index is 12.1. The van der Waals surface area contributed by atoms with Gasteiger partial charge in [-0.05, 0) is 84.6 Å². The predicted molar refractivity (Wildman–Crippen MR) is 191 cm³/mol. The van der Waals surface area contributed by atoms with Crippen LogP contribution in [0.4, 0.5) is 0 Å². The summed E-state index contributed by atoms with van der Waals surface area (Å²) in [5.41, 5.74) is 1.19. The van der Waals surface area contributed by atoms with Gasteiger partial charge in [-0.1, -0.05) is 116 Å². The molecule has 0 aromatic heterocycles. The van der Waals surface area contributed by atoms with Gasteiger partial charge in [0.05, 0.1) is 12.2 Å². The van der Waals surface area contributed by atoms with Gasteiger partial charge < -0.3 is 13.6 Å². The first-order valence-electron chi connectivity index (χ1n) is 16.7. The summed E-state index contributed by atoms with van der Waals surface area (Å²) in [6.07, 6.45) is 5.63. The second kappa shape index (κ2) is 15.2. The maximum Gasteiger partial charge on any atom is 0.261 e. The lowest BCUT2D eigenvalue weighted by molar-refractivity contribution is -0.121. The average molecular weight is 637 g/mol. The van der Waals surface area contributed by atoms with Crippen LogP contribution in [0, 0.1) is 5.92 Å². The van der Waals surface area contributed by atoms with Gasteiger partial charge in [0.2, 0.25) is 0 Å². The fraction of sp³-hybridized carbons (Fsp3) is 0.605. The van der Waals surface area contributed by atoms with Crippen molar-refractivity contribution in [2.45, 2.75) is 135 Å². The van der Waals surface area contributed by atoms with Crippen molar-refractivity contribution in [3.8, 4) is 0 Å². The average Bonchev–Trinajstić information content (AvgIpc) is 3.30. The first-order valence-corrected chi connectivity index (χ1v) is 21.6. The minimum absolute atomic E-state index is 0.000699. The van der Waals surface area contributed by atoms with Crippen molar-refractivity contribution >= 4 is 32.8 Å². The van der Waals surface area contributed by atoms with E-state index in [1.807, 2.05) is 6.92 Å². The number of carbonyl (C=O) groups is 1. The van der Waals surface area contributed by atoms with E-state index in [4.69, 9.17) is 13.6 Å². The molecule has 4 atom stereocenters. The van der Waals surface area contributed by atoms with Crippen molar-refractivity contribution in [1.82, 2.24) is 0 Å². The molecule has 3 unspecified atom stereocenters. The van der Waals surface area contributed by atoms with Crippen LogP contribution in [0.15, 0.2) is 72.8 Å². The molecule has 2 aromatic rings. The summed E-state index contributed by atoms with van der Waals surface area (Å²) in [4.78, 5) is 12.1. The third kappa shape index (κ3) is 9.13. The molecule has 1 aliphatic rings. The fourth-order valence-electron chi connectivity index (χ4n) is 6.26. The first-order chi connectivity index (χ1) is 20.5.